The van der Waals surface area contributed by atoms with Crippen molar-refractivity contribution in [3.63, 3.8) is 0 Å². The molecular formula is C18H30IN5O2. The first-order valence-corrected chi connectivity index (χ1v) is 9.02. The van der Waals surface area contributed by atoms with Crippen LogP contribution in [0.4, 0.5) is 5.69 Å². The number of aliphatic imine (C=N–C) groups is 1. The summed E-state index contributed by atoms with van der Waals surface area (Å²) < 4.78 is 0. The highest BCUT2D eigenvalue weighted by Crippen LogP contribution is 2.16. The van der Waals surface area contributed by atoms with Crippen LogP contribution in [0.25, 0.3) is 0 Å². The average molecular weight is 475 g/mol. The molecule has 1 unspecified atom stereocenters. The molecule has 0 saturated carbocycles. The highest BCUT2D eigenvalue weighted by atomic mass is 127. The van der Waals surface area contributed by atoms with Crippen molar-refractivity contribution in [1.29, 1.82) is 0 Å². The lowest BCUT2D eigenvalue weighted by Crippen LogP contribution is -2.41. The van der Waals surface area contributed by atoms with E-state index in [0.29, 0.717) is 12.6 Å². The first-order valence-electron chi connectivity index (χ1n) is 9.02. The van der Waals surface area contributed by atoms with E-state index in [1.807, 2.05) is 6.07 Å². The van der Waals surface area contributed by atoms with Crippen LogP contribution in [0, 0.1) is 10.1 Å². The Kier molecular flexibility index (Phi) is 10.5. The largest absolute Gasteiger partial charge is 0.356 e. The Morgan fingerprint density at radius 3 is 2.88 bits per heavy atom. The number of piperidine rings is 1. The molecule has 7 nitrogen and oxygen atoms in total. The summed E-state index contributed by atoms with van der Waals surface area (Å²) in [6.07, 6.45) is 5.04. The van der Waals surface area contributed by atoms with E-state index in [9.17, 15) is 10.1 Å². The molecule has 1 saturated heterocycles. The number of hydrogen-bond acceptors (Lipinski definition) is 4. The first kappa shape index (κ1) is 22.6. The zero-order valence-electron chi connectivity index (χ0n) is 15.6. The number of likely N-dealkylation sites (tertiary alicyclic amines) is 1. The topological polar surface area (TPSA) is 82.8 Å². The van der Waals surface area contributed by atoms with Gasteiger partial charge in [0.05, 0.1) is 4.92 Å². The van der Waals surface area contributed by atoms with Gasteiger partial charge in [0.2, 0.25) is 0 Å². The number of non-ortho nitro benzene ring substituents is 1. The molecule has 0 spiro atoms. The minimum Gasteiger partial charge on any atom is -0.356 e. The van der Waals surface area contributed by atoms with E-state index in [4.69, 9.17) is 0 Å². The number of hydrogen-bond donors (Lipinski definition) is 2. The molecule has 8 heteroatoms. The summed E-state index contributed by atoms with van der Waals surface area (Å²) >= 11 is 0. The van der Waals surface area contributed by atoms with E-state index in [1.165, 1.54) is 31.9 Å². The van der Waals surface area contributed by atoms with Crippen LogP contribution in [-0.2, 0) is 6.54 Å². The maximum Gasteiger partial charge on any atom is 0.269 e. The van der Waals surface area contributed by atoms with Crippen LogP contribution in [0.5, 0.6) is 0 Å². The quantitative estimate of drug-likeness (QED) is 0.158. The van der Waals surface area contributed by atoms with Gasteiger partial charge in [0.1, 0.15) is 0 Å². The highest BCUT2D eigenvalue weighted by Gasteiger charge is 2.17. The summed E-state index contributed by atoms with van der Waals surface area (Å²) in [6, 6.07) is 7.34. The molecule has 0 aromatic heterocycles. The molecule has 1 atom stereocenters. The van der Waals surface area contributed by atoms with Crippen LogP contribution >= 0.6 is 24.0 Å². The Hall–Kier alpha value is -1.42. The fourth-order valence-electron chi connectivity index (χ4n) is 3.17. The number of benzene rings is 1. The predicted octanol–water partition coefficient (Wildman–Crippen LogP) is 3.14. The summed E-state index contributed by atoms with van der Waals surface area (Å²) in [4.78, 5) is 17.2. The van der Waals surface area contributed by atoms with Crippen LogP contribution in [0.15, 0.2) is 29.3 Å². The Morgan fingerprint density at radius 2 is 2.19 bits per heavy atom. The summed E-state index contributed by atoms with van der Waals surface area (Å²) in [5, 5.41) is 17.3. The van der Waals surface area contributed by atoms with Gasteiger partial charge in [-0.3, -0.25) is 15.1 Å². The van der Waals surface area contributed by atoms with Crippen LogP contribution in [0.1, 0.15) is 38.2 Å². The van der Waals surface area contributed by atoms with Gasteiger partial charge in [0, 0.05) is 44.9 Å². The van der Waals surface area contributed by atoms with Crippen molar-refractivity contribution >= 4 is 35.6 Å². The Labute approximate surface area is 172 Å². The summed E-state index contributed by atoms with van der Waals surface area (Å²) in [5.41, 5.74) is 0.970. The second kappa shape index (κ2) is 12.1. The van der Waals surface area contributed by atoms with Crippen molar-refractivity contribution in [3.8, 4) is 0 Å². The molecule has 0 aliphatic carbocycles. The van der Waals surface area contributed by atoms with Gasteiger partial charge in [-0.1, -0.05) is 18.6 Å². The number of rotatable bonds is 7. The maximum absolute atomic E-state index is 10.8. The molecule has 1 heterocycles. The molecule has 146 valence electrons. The molecule has 0 radical (unpaired) electrons. The monoisotopic (exact) mass is 475 g/mol. The average Bonchev–Trinajstić information content (AvgIpc) is 2.62. The van der Waals surface area contributed by atoms with Crippen molar-refractivity contribution in [2.24, 2.45) is 4.99 Å². The van der Waals surface area contributed by atoms with Gasteiger partial charge in [-0.15, -0.1) is 24.0 Å². The summed E-state index contributed by atoms with van der Waals surface area (Å²) in [5.74, 6) is 0.721. The van der Waals surface area contributed by atoms with E-state index in [0.717, 1.165) is 31.0 Å². The Bertz CT molecular complexity index is 597. The lowest BCUT2D eigenvalue weighted by Gasteiger charge is -2.33. The van der Waals surface area contributed by atoms with Gasteiger partial charge >= 0.3 is 0 Å². The van der Waals surface area contributed by atoms with Gasteiger partial charge in [-0.2, -0.15) is 0 Å². The SMILES string of the molecule is CN=C(NCCCN1CCCCC1C)NCc1cccc([N+](=O)[O-])c1.I. The fraction of sp³-hybridized carbons (Fsp3) is 0.611. The molecule has 26 heavy (non-hydrogen) atoms. The molecule has 0 amide bonds. The minimum absolute atomic E-state index is 0. The van der Waals surface area contributed by atoms with Crippen molar-refractivity contribution in [2.75, 3.05) is 26.7 Å². The van der Waals surface area contributed by atoms with Gasteiger partial charge in [0.15, 0.2) is 5.96 Å². The van der Waals surface area contributed by atoms with Crippen LogP contribution in [0.2, 0.25) is 0 Å². The lowest BCUT2D eigenvalue weighted by atomic mass is 10.0. The summed E-state index contributed by atoms with van der Waals surface area (Å²) in [7, 11) is 1.73. The third-order valence-corrected chi connectivity index (χ3v) is 4.66. The van der Waals surface area contributed by atoms with E-state index in [2.05, 4.69) is 27.4 Å². The molecule has 1 aliphatic rings. The molecular weight excluding hydrogens is 445 g/mol. The zero-order valence-corrected chi connectivity index (χ0v) is 17.9. The van der Waals surface area contributed by atoms with Gasteiger partial charge in [-0.25, -0.2) is 0 Å². The van der Waals surface area contributed by atoms with Crippen LogP contribution in [0.3, 0.4) is 0 Å². The summed E-state index contributed by atoms with van der Waals surface area (Å²) in [6.45, 7) is 5.99. The number of nitrogens with one attached hydrogen (secondary N) is 2. The van der Waals surface area contributed by atoms with Gasteiger partial charge in [-0.05, 0) is 38.3 Å². The number of nitro benzene ring substituents is 1. The van der Waals surface area contributed by atoms with Gasteiger partial charge in [0.25, 0.3) is 5.69 Å². The zero-order chi connectivity index (χ0) is 18.1. The Balaban J connectivity index is 0.00000338. The van der Waals surface area contributed by atoms with E-state index >= 15 is 0 Å². The third kappa shape index (κ3) is 7.45. The predicted molar refractivity (Wildman–Crippen MR) is 116 cm³/mol. The fourth-order valence-corrected chi connectivity index (χ4v) is 3.17. The maximum atomic E-state index is 10.8. The first-order chi connectivity index (χ1) is 12.1. The van der Waals surface area contributed by atoms with E-state index in [-0.39, 0.29) is 34.6 Å². The minimum atomic E-state index is -0.377. The number of nitro groups is 1. The van der Waals surface area contributed by atoms with E-state index in [1.54, 1.807) is 19.2 Å². The third-order valence-electron chi connectivity index (χ3n) is 4.66. The molecule has 0 bridgehead atoms. The molecule has 1 fully saturated rings. The highest BCUT2D eigenvalue weighted by molar-refractivity contribution is 14.0. The normalized spacial score (nSPS) is 18.1. The molecule has 1 aliphatic heterocycles. The lowest BCUT2D eigenvalue weighted by molar-refractivity contribution is -0.384. The number of nitrogens with zero attached hydrogens (tertiary/aromatic N) is 3. The standard InChI is InChI=1S/C18H29N5O2.HI/c1-15-7-3-4-11-22(15)12-6-10-20-18(19-2)21-14-16-8-5-9-17(13-16)23(24)25;/h5,8-9,13,15H,3-4,6-7,10-12,14H2,1-2H3,(H2,19,20,21);1H. The van der Waals surface area contributed by atoms with Crippen molar-refractivity contribution in [2.45, 2.75) is 45.2 Å². The van der Waals surface area contributed by atoms with Crippen LogP contribution < -0.4 is 10.6 Å². The van der Waals surface area contributed by atoms with Crippen molar-refractivity contribution in [3.05, 3.63) is 39.9 Å². The molecule has 1 aromatic rings. The van der Waals surface area contributed by atoms with Crippen molar-refractivity contribution in [1.82, 2.24) is 15.5 Å². The van der Waals surface area contributed by atoms with Crippen LogP contribution in [-0.4, -0.2) is 48.5 Å². The van der Waals surface area contributed by atoms with E-state index < -0.39 is 0 Å². The van der Waals surface area contributed by atoms with Gasteiger partial charge < -0.3 is 15.5 Å². The second-order valence-electron chi connectivity index (χ2n) is 6.51. The Morgan fingerprint density at radius 1 is 1.38 bits per heavy atom. The van der Waals surface area contributed by atoms with Crippen molar-refractivity contribution < 1.29 is 4.92 Å². The number of halogens is 1. The smallest absolute Gasteiger partial charge is 0.269 e. The molecule has 2 rings (SSSR count). The second-order valence-corrected chi connectivity index (χ2v) is 6.51. The number of guanidine groups is 1. The molecule has 1 aromatic carbocycles. The molecule has 2 N–H and O–H groups in total.